The van der Waals surface area contributed by atoms with E-state index in [1.807, 2.05) is 0 Å². The summed E-state index contributed by atoms with van der Waals surface area (Å²) >= 11 is 0. The van der Waals surface area contributed by atoms with Crippen LogP contribution in [0.1, 0.15) is 67.7 Å². The highest BCUT2D eigenvalue weighted by Gasteiger charge is 2.10. The lowest BCUT2D eigenvalue weighted by atomic mass is 9.87. The highest BCUT2D eigenvalue weighted by molar-refractivity contribution is 5.11. The van der Waals surface area contributed by atoms with E-state index in [1.54, 1.807) is 0 Å². The van der Waals surface area contributed by atoms with Gasteiger partial charge in [-0.15, -0.1) is 0 Å². The number of hydrogen-bond acceptors (Lipinski definition) is 0. The Balaban J connectivity index is 4.13. The third-order valence-electron chi connectivity index (χ3n) is 3.16. The molecule has 0 aliphatic carbocycles. The van der Waals surface area contributed by atoms with Crippen molar-refractivity contribution in [1.29, 1.82) is 0 Å². The van der Waals surface area contributed by atoms with Crippen LogP contribution in [0.15, 0.2) is 34.9 Å². The van der Waals surface area contributed by atoms with Crippen molar-refractivity contribution in [2.45, 2.75) is 67.7 Å². The molecule has 0 N–H and O–H groups in total. The minimum absolute atomic E-state index is 0.309. The molecular weight excluding hydrogens is 204 g/mol. The Morgan fingerprint density at radius 3 is 1.94 bits per heavy atom. The van der Waals surface area contributed by atoms with Gasteiger partial charge in [0.1, 0.15) is 0 Å². The van der Waals surface area contributed by atoms with Gasteiger partial charge in [-0.3, -0.25) is 0 Å². The molecule has 0 aromatic carbocycles. The van der Waals surface area contributed by atoms with E-state index in [0.717, 1.165) is 6.42 Å². The van der Waals surface area contributed by atoms with Gasteiger partial charge in [-0.1, -0.05) is 55.7 Å². The molecule has 0 amide bonds. The zero-order chi connectivity index (χ0) is 13.5. The van der Waals surface area contributed by atoms with E-state index in [4.69, 9.17) is 0 Å². The van der Waals surface area contributed by atoms with Gasteiger partial charge < -0.3 is 0 Å². The first-order chi connectivity index (χ1) is 7.73. The second kappa shape index (κ2) is 7.53. The normalized spacial score (nSPS) is 13.8. The summed E-state index contributed by atoms with van der Waals surface area (Å²) in [6.45, 7) is 15.6. The van der Waals surface area contributed by atoms with Gasteiger partial charge in [-0.2, -0.15) is 0 Å². The van der Waals surface area contributed by atoms with Crippen LogP contribution >= 0.6 is 0 Å². The highest BCUT2D eigenvalue weighted by atomic mass is 14.2. The van der Waals surface area contributed by atoms with Crippen LogP contribution in [0.2, 0.25) is 0 Å². The number of rotatable bonds is 5. The van der Waals surface area contributed by atoms with Gasteiger partial charge in [0.2, 0.25) is 0 Å². The molecule has 0 rings (SSSR count). The zero-order valence-corrected chi connectivity index (χ0v) is 12.9. The Bertz CT molecular complexity index is 301. The van der Waals surface area contributed by atoms with Crippen LogP contribution in [0.4, 0.5) is 0 Å². The molecule has 0 saturated carbocycles. The summed E-state index contributed by atoms with van der Waals surface area (Å²) in [6, 6.07) is 0. The van der Waals surface area contributed by atoms with Crippen molar-refractivity contribution < 1.29 is 0 Å². The van der Waals surface area contributed by atoms with Crippen molar-refractivity contribution in [2.24, 2.45) is 5.41 Å². The first-order valence-corrected chi connectivity index (χ1v) is 6.69. The van der Waals surface area contributed by atoms with E-state index >= 15 is 0 Å². The molecule has 98 valence electrons. The minimum Gasteiger partial charge on any atom is -0.0856 e. The van der Waals surface area contributed by atoms with Crippen LogP contribution in [0.3, 0.4) is 0 Å². The van der Waals surface area contributed by atoms with Gasteiger partial charge in [0.15, 0.2) is 0 Å². The first-order valence-electron chi connectivity index (χ1n) is 6.69. The lowest BCUT2D eigenvalue weighted by molar-refractivity contribution is 0.502. The molecule has 0 spiro atoms. The summed E-state index contributed by atoms with van der Waals surface area (Å²) in [5.41, 5.74) is 4.71. The van der Waals surface area contributed by atoms with Crippen molar-refractivity contribution in [3.05, 3.63) is 34.9 Å². The third-order valence-corrected chi connectivity index (χ3v) is 3.16. The summed E-state index contributed by atoms with van der Waals surface area (Å²) in [6.07, 6.45) is 10.5. The molecule has 17 heavy (non-hydrogen) atoms. The van der Waals surface area contributed by atoms with Gasteiger partial charge in [-0.05, 0) is 52.4 Å². The summed E-state index contributed by atoms with van der Waals surface area (Å²) in [4.78, 5) is 0. The van der Waals surface area contributed by atoms with E-state index in [1.165, 1.54) is 29.6 Å². The van der Waals surface area contributed by atoms with Crippen LogP contribution in [0.5, 0.6) is 0 Å². The fourth-order valence-electron chi connectivity index (χ4n) is 1.43. The van der Waals surface area contributed by atoms with Crippen molar-refractivity contribution in [2.75, 3.05) is 0 Å². The Kier molecular flexibility index (Phi) is 7.18. The van der Waals surface area contributed by atoms with Gasteiger partial charge in [-0.25, -0.2) is 0 Å². The van der Waals surface area contributed by atoms with Crippen molar-refractivity contribution >= 4 is 0 Å². The predicted octanol–water partition coefficient (Wildman–Crippen LogP) is 6.06. The molecule has 0 unspecified atom stereocenters. The average Bonchev–Trinajstić information content (AvgIpc) is 2.15. The van der Waals surface area contributed by atoms with Crippen molar-refractivity contribution in [3.63, 3.8) is 0 Å². The largest absolute Gasteiger partial charge is 0.0856 e. The van der Waals surface area contributed by atoms with E-state index in [2.05, 4.69) is 66.7 Å². The summed E-state index contributed by atoms with van der Waals surface area (Å²) in [5, 5.41) is 0. The molecule has 0 bridgehead atoms. The maximum absolute atomic E-state index is 2.36. The smallest absolute Gasteiger partial charge is 0.0164 e. The second-order valence-electron chi connectivity index (χ2n) is 6.24. The number of hydrogen-bond donors (Lipinski definition) is 0. The number of allylic oxidation sites excluding steroid dienone is 6. The van der Waals surface area contributed by atoms with Gasteiger partial charge in [0.25, 0.3) is 0 Å². The Labute approximate surface area is 109 Å². The molecule has 0 fully saturated rings. The monoisotopic (exact) mass is 234 g/mol. The van der Waals surface area contributed by atoms with Gasteiger partial charge in [0, 0.05) is 0 Å². The maximum Gasteiger partial charge on any atom is -0.0164 e. The van der Waals surface area contributed by atoms with Gasteiger partial charge in [0.05, 0.1) is 0 Å². The third kappa shape index (κ3) is 8.97. The topological polar surface area (TPSA) is 0 Å². The van der Waals surface area contributed by atoms with Crippen LogP contribution in [-0.2, 0) is 0 Å². The zero-order valence-electron chi connectivity index (χ0n) is 12.9. The molecule has 0 aliphatic rings. The van der Waals surface area contributed by atoms with E-state index in [9.17, 15) is 0 Å². The highest BCUT2D eigenvalue weighted by Crippen LogP contribution is 2.24. The van der Waals surface area contributed by atoms with Crippen molar-refractivity contribution in [1.82, 2.24) is 0 Å². The van der Waals surface area contributed by atoms with Crippen LogP contribution in [0, 0.1) is 5.41 Å². The molecule has 0 atom stereocenters. The van der Waals surface area contributed by atoms with E-state index < -0.39 is 0 Å². The lowest BCUT2D eigenvalue weighted by Gasteiger charge is -2.19. The Morgan fingerprint density at radius 1 is 0.882 bits per heavy atom. The van der Waals surface area contributed by atoms with Crippen molar-refractivity contribution in [3.8, 4) is 0 Å². The Morgan fingerprint density at radius 2 is 1.47 bits per heavy atom. The molecular formula is C17H30. The van der Waals surface area contributed by atoms with Crippen LogP contribution < -0.4 is 0 Å². The molecule has 0 heterocycles. The second-order valence-corrected chi connectivity index (χ2v) is 6.24. The van der Waals surface area contributed by atoms with E-state index in [0.29, 0.717) is 5.41 Å². The minimum atomic E-state index is 0.309. The fourth-order valence-corrected chi connectivity index (χ4v) is 1.43. The predicted molar refractivity (Wildman–Crippen MR) is 80.3 cm³/mol. The molecule has 0 aromatic heterocycles. The molecule has 0 radical (unpaired) electrons. The molecule has 0 nitrogen and oxygen atoms in total. The van der Waals surface area contributed by atoms with E-state index in [-0.39, 0.29) is 0 Å². The maximum atomic E-state index is 2.36. The average molecular weight is 234 g/mol. The van der Waals surface area contributed by atoms with Crippen LogP contribution in [-0.4, -0.2) is 0 Å². The summed E-state index contributed by atoms with van der Waals surface area (Å²) in [5.74, 6) is 0. The summed E-state index contributed by atoms with van der Waals surface area (Å²) in [7, 11) is 0. The van der Waals surface area contributed by atoms with Crippen LogP contribution in [0.25, 0.3) is 0 Å². The lowest BCUT2D eigenvalue weighted by Crippen LogP contribution is -2.05. The molecule has 0 aromatic rings. The quantitative estimate of drug-likeness (QED) is 0.507. The fraction of sp³-hybridized carbons (Fsp3) is 0.647. The van der Waals surface area contributed by atoms with Gasteiger partial charge >= 0.3 is 0 Å². The first kappa shape index (κ1) is 16.2. The SMILES string of the molecule is CC(C)=CCCC(C)=CCC=C(C)C(C)(C)C. The molecule has 0 aliphatic heterocycles. The Hall–Kier alpha value is -0.780. The molecule has 0 saturated heterocycles. The standard InChI is InChI=1S/C17H30/c1-14(2)10-8-11-15(3)12-9-13-16(4)17(5,6)7/h10,12-13H,8-9,11H2,1-7H3. The molecule has 0 heteroatoms. The summed E-state index contributed by atoms with van der Waals surface area (Å²) < 4.78 is 0.